The van der Waals surface area contributed by atoms with Crippen molar-refractivity contribution in [2.75, 3.05) is 19.8 Å². The van der Waals surface area contributed by atoms with Gasteiger partial charge in [-0.25, -0.2) is 8.78 Å². The summed E-state index contributed by atoms with van der Waals surface area (Å²) in [6, 6.07) is 4.28. The third-order valence-electron chi connectivity index (χ3n) is 3.08. The first-order chi connectivity index (χ1) is 8.77. The van der Waals surface area contributed by atoms with Crippen LogP contribution in [0.1, 0.15) is 30.1 Å². The van der Waals surface area contributed by atoms with Gasteiger partial charge < -0.3 is 10.1 Å². The molecular formula is C13H18F2N2O. The number of alkyl halides is 2. The van der Waals surface area contributed by atoms with Gasteiger partial charge in [0.1, 0.15) is 6.61 Å². The number of aryl methyl sites for hydroxylation is 1. The second kappa shape index (κ2) is 6.75. The van der Waals surface area contributed by atoms with E-state index in [0.29, 0.717) is 13.2 Å². The van der Waals surface area contributed by atoms with Crippen LogP contribution in [0.15, 0.2) is 18.3 Å². The number of rotatable bonds is 6. The molecule has 0 spiro atoms. The summed E-state index contributed by atoms with van der Waals surface area (Å²) in [5, 5.41) is 3.32. The van der Waals surface area contributed by atoms with Crippen LogP contribution in [0.4, 0.5) is 8.78 Å². The van der Waals surface area contributed by atoms with Crippen LogP contribution in [0.2, 0.25) is 0 Å². The van der Waals surface area contributed by atoms with Crippen LogP contribution in [0.25, 0.3) is 0 Å². The molecular weight excluding hydrogens is 238 g/mol. The lowest BCUT2D eigenvalue weighted by molar-refractivity contribution is 0.0180. The topological polar surface area (TPSA) is 34.1 Å². The van der Waals surface area contributed by atoms with E-state index >= 15 is 0 Å². The summed E-state index contributed by atoms with van der Waals surface area (Å²) in [5.74, 6) is 0. The number of hydrogen-bond acceptors (Lipinski definition) is 3. The maximum atomic E-state index is 11.9. The molecule has 1 aliphatic rings. The number of pyridine rings is 1. The summed E-state index contributed by atoms with van der Waals surface area (Å²) in [6.45, 7) is 0.400. The zero-order valence-corrected chi connectivity index (χ0v) is 10.2. The van der Waals surface area contributed by atoms with Gasteiger partial charge in [-0.3, -0.25) is 4.98 Å². The third kappa shape index (κ3) is 3.71. The summed E-state index contributed by atoms with van der Waals surface area (Å²) < 4.78 is 28.6. The van der Waals surface area contributed by atoms with Gasteiger partial charge in [0, 0.05) is 18.8 Å². The Morgan fingerprint density at radius 3 is 3.22 bits per heavy atom. The van der Waals surface area contributed by atoms with Crippen molar-refractivity contribution < 1.29 is 13.5 Å². The molecule has 1 unspecified atom stereocenters. The van der Waals surface area contributed by atoms with Gasteiger partial charge in [0.25, 0.3) is 6.43 Å². The van der Waals surface area contributed by atoms with E-state index in [1.165, 1.54) is 5.56 Å². The maximum absolute atomic E-state index is 11.9. The van der Waals surface area contributed by atoms with Crippen LogP contribution in [0.5, 0.6) is 0 Å². The number of hydrogen-bond donors (Lipinski definition) is 1. The Labute approximate surface area is 106 Å². The Kier molecular flexibility index (Phi) is 5.01. The molecule has 0 amide bonds. The second-order valence-electron chi connectivity index (χ2n) is 4.41. The van der Waals surface area contributed by atoms with Crippen LogP contribution in [-0.2, 0) is 11.2 Å². The van der Waals surface area contributed by atoms with Crippen molar-refractivity contribution in [3.63, 3.8) is 0 Å². The number of halogens is 2. The minimum atomic E-state index is -2.39. The smallest absolute Gasteiger partial charge is 0.261 e. The zero-order chi connectivity index (χ0) is 12.8. The zero-order valence-electron chi connectivity index (χ0n) is 10.2. The van der Waals surface area contributed by atoms with Gasteiger partial charge in [0.15, 0.2) is 0 Å². The lowest BCUT2D eigenvalue weighted by Gasteiger charge is -2.25. The fourth-order valence-corrected chi connectivity index (χ4v) is 2.29. The van der Waals surface area contributed by atoms with E-state index in [2.05, 4.69) is 16.4 Å². The highest BCUT2D eigenvalue weighted by atomic mass is 19.3. The molecule has 1 N–H and O–H groups in total. The number of ether oxygens (including phenoxy) is 1. The summed E-state index contributed by atoms with van der Waals surface area (Å²) in [5.41, 5.74) is 2.38. The molecule has 1 heterocycles. The number of aromatic nitrogens is 1. The Balaban J connectivity index is 1.77. The highest BCUT2D eigenvalue weighted by Gasteiger charge is 2.20. The first kappa shape index (κ1) is 13.4. The van der Waals surface area contributed by atoms with Crippen LogP contribution in [0.3, 0.4) is 0 Å². The first-order valence-corrected chi connectivity index (χ1v) is 6.30. The average Bonchev–Trinajstić information content (AvgIpc) is 2.38. The molecule has 5 heteroatoms. The van der Waals surface area contributed by atoms with E-state index in [9.17, 15) is 8.78 Å². The van der Waals surface area contributed by atoms with Crippen LogP contribution in [-0.4, -0.2) is 31.2 Å². The van der Waals surface area contributed by atoms with Crippen LogP contribution < -0.4 is 5.32 Å². The predicted octanol–water partition coefficient (Wildman–Crippen LogP) is 2.33. The van der Waals surface area contributed by atoms with Crippen LogP contribution >= 0.6 is 0 Å². The lowest BCUT2D eigenvalue weighted by Crippen LogP contribution is -2.29. The molecule has 0 bridgehead atoms. The summed E-state index contributed by atoms with van der Waals surface area (Å²) in [4.78, 5) is 4.40. The average molecular weight is 256 g/mol. The second-order valence-corrected chi connectivity index (χ2v) is 4.41. The Bertz CT molecular complexity index is 374. The molecule has 0 fully saturated rings. The minimum Gasteiger partial charge on any atom is -0.374 e. The summed E-state index contributed by atoms with van der Waals surface area (Å²) in [6.07, 6.45) is 2.66. The van der Waals surface area contributed by atoms with Gasteiger partial charge >= 0.3 is 0 Å². The molecule has 1 aromatic heterocycles. The van der Waals surface area contributed by atoms with Crippen molar-refractivity contribution >= 4 is 0 Å². The van der Waals surface area contributed by atoms with Crippen LogP contribution in [0, 0.1) is 0 Å². The summed E-state index contributed by atoms with van der Waals surface area (Å²) in [7, 11) is 0. The molecule has 0 aliphatic heterocycles. The van der Waals surface area contributed by atoms with E-state index in [4.69, 9.17) is 4.74 Å². The summed E-state index contributed by atoms with van der Waals surface area (Å²) >= 11 is 0. The number of nitrogens with zero attached hydrogens (tertiary/aromatic N) is 1. The monoisotopic (exact) mass is 256 g/mol. The molecule has 0 saturated carbocycles. The normalized spacial score (nSPS) is 18.9. The highest BCUT2D eigenvalue weighted by Crippen LogP contribution is 2.27. The number of fused-ring (bicyclic) bond motifs is 1. The van der Waals surface area contributed by atoms with E-state index in [-0.39, 0.29) is 6.04 Å². The first-order valence-electron chi connectivity index (χ1n) is 6.30. The van der Waals surface area contributed by atoms with Gasteiger partial charge in [-0.15, -0.1) is 0 Å². The van der Waals surface area contributed by atoms with E-state index in [0.717, 1.165) is 25.0 Å². The Hall–Kier alpha value is -1.07. The van der Waals surface area contributed by atoms with Gasteiger partial charge in [0.05, 0.1) is 12.3 Å². The fraction of sp³-hybridized carbons (Fsp3) is 0.615. The van der Waals surface area contributed by atoms with Gasteiger partial charge in [-0.05, 0) is 30.9 Å². The molecule has 0 radical (unpaired) electrons. The Morgan fingerprint density at radius 2 is 2.39 bits per heavy atom. The molecule has 0 saturated heterocycles. The van der Waals surface area contributed by atoms with Gasteiger partial charge in [0.2, 0.25) is 0 Å². The van der Waals surface area contributed by atoms with Crippen molar-refractivity contribution in [3.05, 3.63) is 29.6 Å². The molecule has 1 atom stereocenters. The van der Waals surface area contributed by atoms with Crippen molar-refractivity contribution in [2.45, 2.75) is 31.7 Å². The molecule has 0 aromatic carbocycles. The SMILES string of the molecule is FC(F)COCCNC1CCCc2cccnc21. The third-order valence-corrected chi connectivity index (χ3v) is 3.08. The maximum Gasteiger partial charge on any atom is 0.261 e. The minimum absolute atomic E-state index is 0.227. The van der Waals surface area contributed by atoms with E-state index in [1.54, 1.807) is 6.20 Å². The predicted molar refractivity (Wildman–Crippen MR) is 64.7 cm³/mol. The van der Waals surface area contributed by atoms with Gasteiger partial charge in [-0.2, -0.15) is 0 Å². The molecule has 1 aromatic rings. The molecule has 18 heavy (non-hydrogen) atoms. The van der Waals surface area contributed by atoms with Crippen molar-refractivity contribution in [3.8, 4) is 0 Å². The van der Waals surface area contributed by atoms with E-state index in [1.807, 2.05) is 6.07 Å². The quantitative estimate of drug-likeness (QED) is 0.793. The lowest BCUT2D eigenvalue weighted by atomic mass is 9.92. The van der Waals surface area contributed by atoms with E-state index < -0.39 is 13.0 Å². The van der Waals surface area contributed by atoms with Crippen molar-refractivity contribution in [1.82, 2.24) is 10.3 Å². The van der Waals surface area contributed by atoms with Crippen molar-refractivity contribution in [2.24, 2.45) is 0 Å². The molecule has 100 valence electrons. The van der Waals surface area contributed by atoms with Gasteiger partial charge in [-0.1, -0.05) is 6.07 Å². The molecule has 3 nitrogen and oxygen atoms in total. The van der Waals surface area contributed by atoms with Crippen molar-refractivity contribution in [1.29, 1.82) is 0 Å². The molecule has 1 aliphatic carbocycles. The largest absolute Gasteiger partial charge is 0.374 e. The standard InChI is InChI=1S/C13H18F2N2O/c14-12(15)9-18-8-7-16-11-5-1-3-10-4-2-6-17-13(10)11/h2,4,6,11-12,16H,1,3,5,7-9H2. The fourth-order valence-electron chi connectivity index (χ4n) is 2.29. The highest BCUT2D eigenvalue weighted by molar-refractivity contribution is 5.25. The Morgan fingerprint density at radius 1 is 1.50 bits per heavy atom. The number of nitrogens with one attached hydrogen (secondary N) is 1. The molecule has 2 rings (SSSR count).